The molecule has 2 aromatic carbocycles. The van der Waals surface area contributed by atoms with E-state index in [4.69, 9.17) is 0 Å². The maximum Gasteiger partial charge on any atom is 0.0946 e. The van der Waals surface area contributed by atoms with Crippen molar-refractivity contribution in [3.8, 4) is 0 Å². The molecule has 0 amide bonds. The van der Waals surface area contributed by atoms with E-state index in [0.29, 0.717) is 0 Å². The normalized spacial score (nSPS) is 18.5. The van der Waals surface area contributed by atoms with E-state index in [9.17, 15) is 5.11 Å². The second-order valence-corrected chi connectivity index (χ2v) is 4.79. The van der Waals surface area contributed by atoms with Crippen molar-refractivity contribution in [2.24, 2.45) is 5.10 Å². The molecule has 0 saturated carbocycles. The van der Waals surface area contributed by atoms with Crippen molar-refractivity contribution >= 4 is 6.21 Å². The molecule has 96 valence electrons. The molecule has 2 aromatic rings. The van der Waals surface area contributed by atoms with Crippen LogP contribution in [0.2, 0.25) is 0 Å². The van der Waals surface area contributed by atoms with Crippen molar-refractivity contribution < 1.29 is 5.11 Å². The van der Waals surface area contributed by atoms with E-state index in [-0.39, 0.29) is 6.04 Å². The number of fused-ring (bicyclic) bond motifs is 1. The molecule has 3 nitrogen and oxygen atoms in total. The van der Waals surface area contributed by atoms with Gasteiger partial charge in [0.15, 0.2) is 0 Å². The van der Waals surface area contributed by atoms with Gasteiger partial charge in [-0.05, 0) is 23.6 Å². The number of hydrogen-bond acceptors (Lipinski definition) is 3. The molecule has 0 radical (unpaired) electrons. The van der Waals surface area contributed by atoms with Crippen LogP contribution in [0.25, 0.3) is 0 Å². The topological polar surface area (TPSA) is 44.6 Å². The van der Waals surface area contributed by atoms with Gasteiger partial charge in [0.1, 0.15) is 0 Å². The second kappa shape index (κ2) is 4.86. The molecule has 2 unspecified atom stereocenters. The molecule has 0 aromatic heterocycles. The van der Waals surface area contributed by atoms with Crippen LogP contribution in [0.3, 0.4) is 0 Å². The summed E-state index contributed by atoms with van der Waals surface area (Å²) < 4.78 is 0. The van der Waals surface area contributed by atoms with E-state index in [0.717, 1.165) is 16.7 Å². The molecule has 0 saturated heterocycles. The molecule has 0 spiro atoms. The van der Waals surface area contributed by atoms with Gasteiger partial charge in [-0.2, -0.15) is 5.10 Å². The van der Waals surface area contributed by atoms with Gasteiger partial charge in [0.05, 0.1) is 18.4 Å². The summed E-state index contributed by atoms with van der Waals surface area (Å²) in [7, 11) is 0. The molecule has 2 N–H and O–H groups in total. The van der Waals surface area contributed by atoms with Gasteiger partial charge in [-0.15, -0.1) is 0 Å². The van der Waals surface area contributed by atoms with E-state index >= 15 is 0 Å². The number of benzene rings is 2. The van der Waals surface area contributed by atoms with E-state index in [1.54, 1.807) is 6.92 Å². The Labute approximate surface area is 112 Å². The van der Waals surface area contributed by atoms with Crippen LogP contribution < -0.4 is 5.43 Å². The van der Waals surface area contributed by atoms with Gasteiger partial charge in [-0.25, -0.2) is 0 Å². The SMILES string of the molecule is CC(O)c1ccc(C2NN=Cc3ccccc32)cc1. The average Bonchev–Trinajstić information content (AvgIpc) is 2.47. The first-order valence-electron chi connectivity index (χ1n) is 6.41. The van der Waals surface area contributed by atoms with Gasteiger partial charge in [0, 0.05) is 5.56 Å². The third-order valence-electron chi connectivity index (χ3n) is 3.47. The third-order valence-corrected chi connectivity index (χ3v) is 3.47. The molecule has 19 heavy (non-hydrogen) atoms. The van der Waals surface area contributed by atoms with Crippen molar-refractivity contribution in [2.45, 2.75) is 19.1 Å². The molecule has 3 rings (SSSR count). The summed E-state index contributed by atoms with van der Waals surface area (Å²) in [6.07, 6.45) is 1.41. The Kier molecular flexibility index (Phi) is 3.05. The van der Waals surface area contributed by atoms with Crippen molar-refractivity contribution in [1.82, 2.24) is 5.43 Å². The Hall–Kier alpha value is -2.13. The minimum atomic E-state index is -0.432. The van der Waals surface area contributed by atoms with Crippen LogP contribution >= 0.6 is 0 Å². The monoisotopic (exact) mass is 252 g/mol. The predicted molar refractivity (Wildman–Crippen MR) is 76.1 cm³/mol. The lowest BCUT2D eigenvalue weighted by molar-refractivity contribution is 0.199. The lowest BCUT2D eigenvalue weighted by atomic mass is 9.93. The zero-order valence-electron chi connectivity index (χ0n) is 10.7. The number of hydrogen-bond donors (Lipinski definition) is 2. The minimum absolute atomic E-state index is 0.0734. The van der Waals surface area contributed by atoms with Gasteiger partial charge >= 0.3 is 0 Å². The van der Waals surface area contributed by atoms with Crippen LogP contribution in [-0.4, -0.2) is 11.3 Å². The highest BCUT2D eigenvalue weighted by Gasteiger charge is 2.18. The summed E-state index contributed by atoms with van der Waals surface area (Å²) in [6.45, 7) is 1.77. The molecule has 2 atom stereocenters. The molecule has 0 bridgehead atoms. The van der Waals surface area contributed by atoms with Crippen LogP contribution in [0.15, 0.2) is 53.6 Å². The van der Waals surface area contributed by atoms with Gasteiger partial charge in [-0.1, -0.05) is 48.5 Å². The van der Waals surface area contributed by atoms with E-state index in [1.807, 2.05) is 42.6 Å². The Morgan fingerprint density at radius 1 is 1.11 bits per heavy atom. The maximum atomic E-state index is 9.54. The molecule has 3 heteroatoms. The fourth-order valence-electron chi connectivity index (χ4n) is 2.36. The maximum absolute atomic E-state index is 9.54. The first-order chi connectivity index (χ1) is 9.25. The summed E-state index contributed by atoms with van der Waals surface area (Å²) >= 11 is 0. The van der Waals surface area contributed by atoms with Crippen LogP contribution in [0.5, 0.6) is 0 Å². The predicted octanol–water partition coefficient (Wildman–Crippen LogP) is 2.77. The standard InChI is InChI=1S/C16H16N2O/c1-11(19)12-6-8-13(9-7-12)16-15-5-3-2-4-14(15)10-17-18-16/h2-11,16,18-19H,1H3. The van der Waals surface area contributed by atoms with Crippen LogP contribution in [0, 0.1) is 0 Å². The highest BCUT2D eigenvalue weighted by atomic mass is 16.3. The summed E-state index contributed by atoms with van der Waals surface area (Å²) in [6, 6.07) is 16.3. The summed E-state index contributed by atoms with van der Waals surface area (Å²) in [5.74, 6) is 0. The average molecular weight is 252 g/mol. The van der Waals surface area contributed by atoms with E-state index < -0.39 is 6.10 Å². The van der Waals surface area contributed by atoms with Crippen molar-refractivity contribution in [2.75, 3.05) is 0 Å². The Bertz CT molecular complexity index is 602. The Balaban J connectivity index is 1.97. The number of rotatable bonds is 2. The largest absolute Gasteiger partial charge is 0.389 e. The minimum Gasteiger partial charge on any atom is -0.389 e. The quantitative estimate of drug-likeness (QED) is 0.863. The highest BCUT2D eigenvalue weighted by Crippen LogP contribution is 2.27. The molecule has 0 fully saturated rings. The highest BCUT2D eigenvalue weighted by molar-refractivity contribution is 5.83. The zero-order valence-corrected chi connectivity index (χ0v) is 10.7. The molecular weight excluding hydrogens is 236 g/mol. The van der Waals surface area contributed by atoms with Gasteiger partial charge in [-0.3, -0.25) is 5.43 Å². The van der Waals surface area contributed by atoms with Crippen LogP contribution in [-0.2, 0) is 0 Å². The Morgan fingerprint density at radius 2 is 1.84 bits per heavy atom. The third kappa shape index (κ3) is 2.25. The first-order valence-corrected chi connectivity index (χ1v) is 6.41. The molecule has 1 heterocycles. The lowest BCUT2D eigenvalue weighted by Gasteiger charge is -2.23. The number of nitrogens with one attached hydrogen (secondary N) is 1. The molecule has 1 aliphatic heterocycles. The fourth-order valence-corrected chi connectivity index (χ4v) is 2.36. The zero-order chi connectivity index (χ0) is 13.2. The summed E-state index contributed by atoms with van der Waals surface area (Å²) in [4.78, 5) is 0. The Morgan fingerprint density at radius 3 is 2.58 bits per heavy atom. The van der Waals surface area contributed by atoms with E-state index in [1.165, 1.54) is 5.56 Å². The first kappa shape index (κ1) is 11.9. The van der Waals surface area contributed by atoms with Crippen molar-refractivity contribution in [3.05, 3.63) is 70.8 Å². The smallest absolute Gasteiger partial charge is 0.0946 e. The van der Waals surface area contributed by atoms with Crippen LogP contribution in [0.1, 0.15) is 41.3 Å². The number of aliphatic hydroxyl groups is 1. The molecular formula is C16H16N2O. The number of nitrogens with zero attached hydrogens (tertiary/aromatic N) is 1. The summed E-state index contributed by atoms with van der Waals surface area (Å²) in [5, 5.41) is 13.8. The number of aliphatic hydroxyl groups excluding tert-OH is 1. The van der Waals surface area contributed by atoms with Crippen molar-refractivity contribution in [1.29, 1.82) is 0 Å². The van der Waals surface area contributed by atoms with Gasteiger partial charge in [0.2, 0.25) is 0 Å². The lowest BCUT2D eigenvalue weighted by Crippen LogP contribution is -2.22. The van der Waals surface area contributed by atoms with Gasteiger partial charge in [0.25, 0.3) is 0 Å². The fraction of sp³-hybridized carbons (Fsp3) is 0.188. The number of hydrazone groups is 1. The molecule has 1 aliphatic rings. The molecule has 0 aliphatic carbocycles. The van der Waals surface area contributed by atoms with Crippen LogP contribution in [0.4, 0.5) is 0 Å². The second-order valence-electron chi connectivity index (χ2n) is 4.79. The van der Waals surface area contributed by atoms with Gasteiger partial charge < -0.3 is 5.11 Å². The summed E-state index contributed by atoms with van der Waals surface area (Å²) in [5.41, 5.74) is 7.59. The van der Waals surface area contributed by atoms with Crippen molar-refractivity contribution in [3.63, 3.8) is 0 Å². The van der Waals surface area contributed by atoms with E-state index in [2.05, 4.69) is 22.7 Å².